The number of pyridine rings is 1. The first-order valence-corrected chi connectivity index (χ1v) is 7.39. The molecule has 2 aromatic rings. The molecule has 5 nitrogen and oxygen atoms in total. The van der Waals surface area contributed by atoms with Crippen molar-refractivity contribution in [3.63, 3.8) is 0 Å². The Morgan fingerprint density at radius 3 is 2.18 bits per heavy atom. The normalized spacial score (nSPS) is 14.3. The van der Waals surface area contributed by atoms with Crippen LogP contribution in [-0.2, 0) is 0 Å². The summed E-state index contributed by atoms with van der Waals surface area (Å²) in [5.41, 5.74) is 1.83. The standard InChI is InChI=1S/C17H18N2O3/c1-12-4-9-15(17(21)22)16(20)19(12)14-7-5-13(6-8-14)18-10-2-3-11-18/h4-9H,2-3,10-11H2,1H3,(H,21,22). The number of aromatic carboxylic acids is 1. The van der Waals surface area contributed by atoms with Crippen molar-refractivity contribution in [1.29, 1.82) is 0 Å². The van der Waals surface area contributed by atoms with Crippen LogP contribution in [0.15, 0.2) is 41.2 Å². The molecule has 0 unspecified atom stereocenters. The number of hydrogen-bond acceptors (Lipinski definition) is 3. The Balaban J connectivity index is 2.02. The van der Waals surface area contributed by atoms with Crippen molar-refractivity contribution in [3.05, 3.63) is 58.0 Å². The van der Waals surface area contributed by atoms with Gasteiger partial charge in [0.2, 0.25) is 0 Å². The number of hydrogen-bond donors (Lipinski definition) is 1. The van der Waals surface area contributed by atoms with Crippen molar-refractivity contribution in [2.45, 2.75) is 19.8 Å². The Morgan fingerprint density at radius 1 is 1.00 bits per heavy atom. The van der Waals surface area contributed by atoms with Crippen LogP contribution in [0.2, 0.25) is 0 Å². The second-order valence-corrected chi connectivity index (χ2v) is 5.54. The predicted molar refractivity (Wildman–Crippen MR) is 85.2 cm³/mol. The van der Waals surface area contributed by atoms with Crippen LogP contribution in [0.1, 0.15) is 28.9 Å². The van der Waals surface area contributed by atoms with E-state index in [1.54, 1.807) is 13.0 Å². The average molecular weight is 298 g/mol. The fourth-order valence-corrected chi connectivity index (χ4v) is 2.90. The number of carbonyl (C=O) groups is 1. The van der Waals surface area contributed by atoms with Gasteiger partial charge in [0.25, 0.3) is 5.56 Å². The van der Waals surface area contributed by atoms with E-state index in [-0.39, 0.29) is 5.56 Å². The molecule has 1 saturated heterocycles. The van der Waals surface area contributed by atoms with Gasteiger partial charge in [-0.05, 0) is 56.2 Å². The van der Waals surface area contributed by atoms with E-state index in [1.165, 1.54) is 23.5 Å². The molecule has 5 heteroatoms. The number of benzene rings is 1. The molecule has 2 heterocycles. The quantitative estimate of drug-likeness (QED) is 0.945. The van der Waals surface area contributed by atoms with Gasteiger partial charge in [0, 0.05) is 30.2 Å². The fraction of sp³-hybridized carbons (Fsp3) is 0.294. The summed E-state index contributed by atoms with van der Waals surface area (Å²) in [5.74, 6) is -1.20. The highest BCUT2D eigenvalue weighted by atomic mass is 16.4. The van der Waals surface area contributed by atoms with E-state index < -0.39 is 11.5 Å². The van der Waals surface area contributed by atoms with Gasteiger partial charge in [-0.15, -0.1) is 0 Å². The zero-order valence-electron chi connectivity index (χ0n) is 12.5. The van der Waals surface area contributed by atoms with E-state index in [2.05, 4.69) is 4.90 Å². The van der Waals surface area contributed by atoms with Crippen LogP contribution in [0, 0.1) is 6.92 Å². The van der Waals surface area contributed by atoms with Crippen LogP contribution in [0.4, 0.5) is 5.69 Å². The molecule has 1 aromatic heterocycles. The van der Waals surface area contributed by atoms with Crippen LogP contribution in [0.3, 0.4) is 0 Å². The summed E-state index contributed by atoms with van der Waals surface area (Å²) in [6.07, 6.45) is 2.42. The van der Waals surface area contributed by atoms with Crippen molar-refractivity contribution >= 4 is 11.7 Å². The minimum absolute atomic E-state index is 0.214. The summed E-state index contributed by atoms with van der Waals surface area (Å²) in [5, 5.41) is 9.10. The highest BCUT2D eigenvalue weighted by molar-refractivity contribution is 5.87. The van der Waals surface area contributed by atoms with Gasteiger partial charge in [0.15, 0.2) is 0 Å². The third kappa shape index (κ3) is 2.50. The molecule has 1 N–H and O–H groups in total. The molecule has 1 aliphatic rings. The zero-order chi connectivity index (χ0) is 15.7. The monoisotopic (exact) mass is 298 g/mol. The second-order valence-electron chi connectivity index (χ2n) is 5.54. The maximum Gasteiger partial charge on any atom is 0.341 e. The first-order valence-electron chi connectivity index (χ1n) is 7.39. The summed E-state index contributed by atoms with van der Waals surface area (Å²) in [4.78, 5) is 25.8. The van der Waals surface area contributed by atoms with Crippen molar-refractivity contribution in [1.82, 2.24) is 4.57 Å². The second kappa shape index (κ2) is 5.67. The Bertz CT molecular complexity index is 756. The van der Waals surface area contributed by atoms with Gasteiger partial charge in [-0.2, -0.15) is 0 Å². The van der Waals surface area contributed by atoms with E-state index in [0.717, 1.165) is 18.8 Å². The molecule has 0 saturated carbocycles. The molecule has 0 aliphatic carbocycles. The van der Waals surface area contributed by atoms with Gasteiger partial charge in [-0.25, -0.2) is 4.79 Å². The van der Waals surface area contributed by atoms with Crippen LogP contribution in [0.5, 0.6) is 0 Å². The number of nitrogens with zero attached hydrogens (tertiary/aromatic N) is 2. The molecule has 0 spiro atoms. The Labute approximate surface area is 128 Å². The van der Waals surface area contributed by atoms with E-state index >= 15 is 0 Å². The van der Waals surface area contributed by atoms with Gasteiger partial charge < -0.3 is 10.0 Å². The fourth-order valence-electron chi connectivity index (χ4n) is 2.90. The average Bonchev–Trinajstić information content (AvgIpc) is 3.02. The minimum atomic E-state index is -1.20. The van der Waals surface area contributed by atoms with Crippen molar-refractivity contribution < 1.29 is 9.90 Å². The van der Waals surface area contributed by atoms with Crippen LogP contribution >= 0.6 is 0 Å². The Kier molecular flexibility index (Phi) is 3.71. The first-order chi connectivity index (χ1) is 10.6. The number of anilines is 1. The highest BCUT2D eigenvalue weighted by Gasteiger charge is 2.15. The van der Waals surface area contributed by atoms with E-state index in [0.29, 0.717) is 11.4 Å². The summed E-state index contributed by atoms with van der Waals surface area (Å²) in [6.45, 7) is 3.92. The Morgan fingerprint density at radius 2 is 1.59 bits per heavy atom. The molecular formula is C17H18N2O3. The van der Waals surface area contributed by atoms with E-state index in [9.17, 15) is 9.59 Å². The summed E-state index contributed by atoms with van der Waals surface area (Å²) < 4.78 is 1.44. The van der Waals surface area contributed by atoms with E-state index in [1.807, 2.05) is 24.3 Å². The molecule has 1 fully saturated rings. The smallest absolute Gasteiger partial charge is 0.341 e. The molecule has 3 rings (SSSR count). The van der Waals surface area contributed by atoms with Gasteiger partial charge in [0.05, 0.1) is 0 Å². The summed E-state index contributed by atoms with van der Waals surface area (Å²) in [7, 11) is 0. The Hall–Kier alpha value is -2.56. The SMILES string of the molecule is Cc1ccc(C(=O)O)c(=O)n1-c1ccc(N2CCCC2)cc1. The zero-order valence-corrected chi connectivity index (χ0v) is 12.5. The molecule has 0 atom stereocenters. The predicted octanol–water partition coefficient (Wildman–Crippen LogP) is 2.44. The van der Waals surface area contributed by atoms with Crippen molar-refractivity contribution in [2.75, 3.05) is 18.0 Å². The van der Waals surface area contributed by atoms with Crippen LogP contribution < -0.4 is 10.5 Å². The number of rotatable bonds is 3. The highest BCUT2D eigenvalue weighted by Crippen LogP contribution is 2.21. The largest absolute Gasteiger partial charge is 0.477 e. The lowest BCUT2D eigenvalue weighted by molar-refractivity contribution is 0.0694. The van der Waals surface area contributed by atoms with Gasteiger partial charge in [-0.1, -0.05) is 0 Å². The number of carboxylic acids is 1. The molecule has 1 aromatic carbocycles. The van der Waals surface area contributed by atoms with Gasteiger partial charge in [0.1, 0.15) is 5.56 Å². The summed E-state index contributed by atoms with van der Waals surface area (Å²) >= 11 is 0. The third-order valence-electron chi connectivity index (χ3n) is 4.09. The lowest BCUT2D eigenvalue weighted by Gasteiger charge is -2.18. The molecule has 0 bridgehead atoms. The third-order valence-corrected chi connectivity index (χ3v) is 4.09. The number of aryl methyl sites for hydroxylation is 1. The van der Waals surface area contributed by atoms with E-state index in [4.69, 9.17) is 5.11 Å². The lowest BCUT2D eigenvalue weighted by atomic mass is 10.2. The maximum absolute atomic E-state index is 12.3. The molecule has 0 radical (unpaired) electrons. The molecule has 22 heavy (non-hydrogen) atoms. The molecular weight excluding hydrogens is 280 g/mol. The van der Waals surface area contributed by atoms with Gasteiger partial charge in [-0.3, -0.25) is 9.36 Å². The first kappa shape index (κ1) is 14.4. The molecule has 114 valence electrons. The topological polar surface area (TPSA) is 62.5 Å². The molecule has 0 amide bonds. The van der Waals surface area contributed by atoms with Crippen LogP contribution in [0.25, 0.3) is 5.69 Å². The summed E-state index contributed by atoms with van der Waals surface area (Å²) in [6, 6.07) is 10.7. The van der Waals surface area contributed by atoms with Crippen molar-refractivity contribution in [3.8, 4) is 5.69 Å². The number of aromatic nitrogens is 1. The van der Waals surface area contributed by atoms with Crippen molar-refractivity contribution in [2.24, 2.45) is 0 Å². The van der Waals surface area contributed by atoms with Gasteiger partial charge >= 0.3 is 5.97 Å². The maximum atomic E-state index is 12.3. The number of carboxylic acid groups (broad SMARTS) is 1. The minimum Gasteiger partial charge on any atom is -0.477 e. The molecule has 1 aliphatic heterocycles. The van der Waals surface area contributed by atoms with Crippen LogP contribution in [-0.4, -0.2) is 28.7 Å². The lowest BCUT2D eigenvalue weighted by Crippen LogP contribution is -2.26.